The van der Waals surface area contributed by atoms with Crippen LogP contribution in [0, 0.1) is 6.92 Å². The molecule has 0 aliphatic heterocycles. The van der Waals surface area contributed by atoms with Gasteiger partial charge in [-0.25, -0.2) is 5.32 Å². The summed E-state index contributed by atoms with van der Waals surface area (Å²) >= 11 is 0. The molecule has 0 N–H and O–H groups in total. The summed E-state index contributed by atoms with van der Waals surface area (Å²) in [6, 6.07) is 13.4. The first kappa shape index (κ1) is 11.2. The summed E-state index contributed by atoms with van der Waals surface area (Å²) in [7, 11) is 0. The molecule has 0 aliphatic carbocycles. The molecule has 83 valence electrons. The fraction of sp³-hybridized carbons (Fsp3) is 0.333. The van der Waals surface area contributed by atoms with Crippen LogP contribution in [0.15, 0.2) is 36.4 Å². The molecule has 16 heavy (non-hydrogen) atoms. The lowest BCUT2D eigenvalue weighted by Crippen LogP contribution is -2.13. The van der Waals surface area contributed by atoms with Crippen LogP contribution in [0.25, 0.3) is 10.8 Å². The summed E-state index contributed by atoms with van der Waals surface area (Å²) in [5.41, 5.74) is 2.65. The van der Waals surface area contributed by atoms with E-state index in [1.165, 1.54) is 21.9 Å². The molecule has 1 heteroatoms. The molecule has 0 atom stereocenters. The minimum atomic E-state index is 0.409. The maximum Gasteiger partial charge on any atom is 0.0387 e. The molecule has 1 nitrogen and oxygen atoms in total. The van der Waals surface area contributed by atoms with E-state index in [1.54, 1.807) is 0 Å². The molecule has 0 fully saturated rings. The van der Waals surface area contributed by atoms with Crippen LogP contribution in [0.5, 0.6) is 0 Å². The Morgan fingerprint density at radius 1 is 1.12 bits per heavy atom. The molecular formula is C15H18N. The highest BCUT2D eigenvalue weighted by Gasteiger charge is 2.01. The molecule has 2 aromatic carbocycles. The molecule has 1 radical (unpaired) electrons. The molecule has 2 aromatic rings. The molecule has 2 rings (SSSR count). The van der Waals surface area contributed by atoms with Gasteiger partial charge in [0.2, 0.25) is 0 Å². The van der Waals surface area contributed by atoms with Crippen LogP contribution in [0.1, 0.15) is 25.0 Å². The van der Waals surface area contributed by atoms with Crippen molar-refractivity contribution in [2.45, 2.75) is 33.4 Å². The Kier molecular flexibility index (Phi) is 3.25. The van der Waals surface area contributed by atoms with Crippen molar-refractivity contribution in [1.29, 1.82) is 0 Å². The molecule has 0 unspecified atom stereocenters. The third-order valence-corrected chi connectivity index (χ3v) is 2.77. The first-order valence-electron chi connectivity index (χ1n) is 5.81. The zero-order chi connectivity index (χ0) is 11.5. The molecule has 0 heterocycles. The number of benzene rings is 2. The molecule has 0 bridgehead atoms. The molecule has 0 aliphatic rings. The molecule has 0 spiro atoms. The maximum atomic E-state index is 4.54. The van der Waals surface area contributed by atoms with Gasteiger partial charge in [0, 0.05) is 12.6 Å². The van der Waals surface area contributed by atoms with E-state index >= 15 is 0 Å². The van der Waals surface area contributed by atoms with Crippen molar-refractivity contribution < 1.29 is 0 Å². The standard InChI is InChI=1S/C15H18N/c1-11(2)16-10-13-8-12(3)15-7-5-4-6-14(15)9-13/h4-9,11H,10H2,1-3H3. The average molecular weight is 212 g/mol. The average Bonchev–Trinajstić information content (AvgIpc) is 2.26. The first-order chi connectivity index (χ1) is 7.66. The SMILES string of the molecule is Cc1cc(C[N]C(C)C)cc2ccccc12. The second-order valence-corrected chi connectivity index (χ2v) is 4.57. The van der Waals surface area contributed by atoms with E-state index in [-0.39, 0.29) is 0 Å². The summed E-state index contributed by atoms with van der Waals surface area (Å²) in [5, 5.41) is 7.20. The molecule has 0 saturated heterocycles. The second-order valence-electron chi connectivity index (χ2n) is 4.57. The van der Waals surface area contributed by atoms with Crippen LogP contribution in [-0.2, 0) is 6.54 Å². The zero-order valence-electron chi connectivity index (χ0n) is 10.2. The fourth-order valence-electron chi connectivity index (χ4n) is 1.96. The highest BCUT2D eigenvalue weighted by molar-refractivity contribution is 5.86. The highest BCUT2D eigenvalue weighted by atomic mass is 14.9. The summed E-state index contributed by atoms with van der Waals surface area (Å²) in [6.07, 6.45) is 0. The number of aryl methyl sites for hydroxylation is 1. The largest absolute Gasteiger partial charge is 0.234 e. The summed E-state index contributed by atoms with van der Waals surface area (Å²) in [6.45, 7) is 7.23. The van der Waals surface area contributed by atoms with Gasteiger partial charge in [0.05, 0.1) is 0 Å². The second kappa shape index (κ2) is 4.67. The van der Waals surface area contributed by atoms with E-state index in [9.17, 15) is 0 Å². The van der Waals surface area contributed by atoms with Gasteiger partial charge in [-0.15, -0.1) is 0 Å². The highest BCUT2D eigenvalue weighted by Crippen LogP contribution is 2.20. The summed E-state index contributed by atoms with van der Waals surface area (Å²) in [5.74, 6) is 0. The van der Waals surface area contributed by atoms with Gasteiger partial charge in [-0.1, -0.05) is 30.3 Å². The third kappa shape index (κ3) is 2.42. The van der Waals surface area contributed by atoms with E-state index in [1.807, 2.05) is 0 Å². The van der Waals surface area contributed by atoms with Crippen LogP contribution in [-0.4, -0.2) is 6.04 Å². The minimum Gasteiger partial charge on any atom is -0.234 e. The van der Waals surface area contributed by atoms with Crippen LogP contribution >= 0.6 is 0 Å². The number of hydrogen-bond acceptors (Lipinski definition) is 0. The van der Waals surface area contributed by atoms with Gasteiger partial charge in [-0.05, 0) is 48.7 Å². The Morgan fingerprint density at radius 3 is 2.62 bits per heavy atom. The fourth-order valence-corrected chi connectivity index (χ4v) is 1.96. The number of fused-ring (bicyclic) bond motifs is 1. The minimum absolute atomic E-state index is 0.409. The Bertz CT molecular complexity index is 486. The number of nitrogens with zero attached hydrogens (tertiary/aromatic N) is 1. The van der Waals surface area contributed by atoms with Crippen molar-refractivity contribution in [3.8, 4) is 0 Å². The predicted octanol–water partition coefficient (Wildman–Crippen LogP) is 3.66. The topological polar surface area (TPSA) is 14.1 Å². The van der Waals surface area contributed by atoms with Crippen molar-refractivity contribution in [3.63, 3.8) is 0 Å². The van der Waals surface area contributed by atoms with E-state index in [4.69, 9.17) is 0 Å². The van der Waals surface area contributed by atoms with E-state index < -0.39 is 0 Å². The normalized spacial score (nSPS) is 11.2. The molecule has 0 saturated carbocycles. The number of rotatable bonds is 3. The Balaban J connectivity index is 2.34. The van der Waals surface area contributed by atoms with Crippen LogP contribution in [0.4, 0.5) is 0 Å². The van der Waals surface area contributed by atoms with Gasteiger partial charge in [0.15, 0.2) is 0 Å². The lowest BCUT2D eigenvalue weighted by molar-refractivity contribution is 0.575. The smallest absolute Gasteiger partial charge is 0.0387 e. The van der Waals surface area contributed by atoms with E-state index in [0.29, 0.717) is 6.04 Å². The van der Waals surface area contributed by atoms with Crippen molar-refractivity contribution in [1.82, 2.24) is 5.32 Å². The van der Waals surface area contributed by atoms with Crippen LogP contribution < -0.4 is 5.32 Å². The van der Waals surface area contributed by atoms with Crippen LogP contribution in [0.2, 0.25) is 0 Å². The van der Waals surface area contributed by atoms with Crippen molar-refractivity contribution in [2.24, 2.45) is 0 Å². The summed E-state index contributed by atoms with van der Waals surface area (Å²) in [4.78, 5) is 0. The van der Waals surface area contributed by atoms with Crippen molar-refractivity contribution in [2.75, 3.05) is 0 Å². The quantitative estimate of drug-likeness (QED) is 0.737. The molecule has 0 aromatic heterocycles. The third-order valence-electron chi connectivity index (χ3n) is 2.77. The Morgan fingerprint density at radius 2 is 1.88 bits per heavy atom. The lowest BCUT2D eigenvalue weighted by atomic mass is 10.0. The Hall–Kier alpha value is -1.34. The van der Waals surface area contributed by atoms with E-state index in [0.717, 1.165) is 6.54 Å². The molecule has 0 amide bonds. The maximum absolute atomic E-state index is 4.54. The van der Waals surface area contributed by atoms with Gasteiger partial charge in [0.25, 0.3) is 0 Å². The summed E-state index contributed by atoms with van der Waals surface area (Å²) < 4.78 is 0. The molecular weight excluding hydrogens is 194 g/mol. The van der Waals surface area contributed by atoms with Gasteiger partial charge in [-0.2, -0.15) is 0 Å². The van der Waals surface area contributed by atoms with Gasteiger partial charge in [-0.3, -0.25) is 0 Å². The van der Waals surface area contributed by atoms with Gasteiger partial charge < -0.3 is 0 Å². The van der Waals surface area contributed by atoms with Gasteiger partial charge >= 0.3 is 0 Å². The first-order valence-corrected chi connectivity index (χ1v) is 5.81. The zero-order valence-corrected chi connectivity index (χ0v) is 10.2. The lowest BCUT2D eigenvalue weighted by Gasteiger charge is -2.09. The number of hydrogen-bond donors (Lipinski definition) is 0. The predicted molar refractivity (Wildman–Crippen MR) is 69.7 cm³/mol. The van der Waals surface area contributed by atoms with E-state index in [2.05, 4.69) is 62.5 Å². The monoisotopic (exact) mass is 212 g/mol. The Labute approximate surface area is 97.5 Å². The van der Waals surface area contributed by atoms with Crippen molar-refractivity contribution in [3.05, 3.63) is 47.5 Å². The van der Waals surface area contributed by atoms with Crippen molar-refractivity contribution >= 4 is 10.8 Å². The van der Waals surface area contributed by atoms with Crippen LogP contribution in [0.3, 0.4) is 0 Å². The van der Waals surface area contributed by atoms with Gasteiger partial charge in [0.1, 0.15) is 0 Å².